The van der Waals surface area contributed by atoms with Crippen molar-refractivity contribution >= 4 is 11.5 Å². The second-order valence-corrected chi connectivity index (χ2v) is 16.4. The molecule has 9 aromatic rings. The maximum atomic E-state index is 5.14. The first-order valence-electron chi connectivity index (χ1n) is 21.5. The van der Waals surface area contributed by atoms with Gasteiger partial charge in [-0.2, -0.15) is 0 Å². The van der Waals surface area contributed by atoms with Gasteiger partial charge in [0.25, 0.3) is 0 Å². The number of hydrogen-bond donors (Lipinski definition) is 1. The number of amidine groups is 1. The molecule has 11 rings (SSSR count). The zero-order chi connectivity index (χ0) is 41.6. The highest BCUT2D eigenvalue weighted by Gasteiger charge is 2.49. The van der Waals surface area contributed by atoms with Crippen molar-refractivity contribution in [3.8, 4) is 55.6 Å². The normalized spacial score (nSPS) is 13.5. The highest BCUT2D eigenvalue weighted by Crippen LogP contribution is 2.61. The van der Waals surface area contributed by atoms with Gasteiger partial charge in [0.1, 0.15) is 5.84 Å². The minimum atomic E-state index is -0.524. The molecule has 0 aromatic heterocycles. The number of benzene rings is 9. The van der Waals surface area contributed by atoms with Gasteiger partial charge in [-0.1, -0.05) is 213 Å². The van der Waals surface area contributed by atoms with Crippen molar-refractivity contribution < 1.29 is 0 Å². The van der Waals surface area contributed by atoms with Gasteiger partial charge in [0.15, 0.2) is 0 Å². The highest BCUT2D eigenvalue weighted by molar-refractivity contribution is 6.03. The van der Waals surface area contributed by atoms with E-state index in [0.29, 0.717) is 5.70 Å². The van der Waals surface area contributed by atoms with Crippen molar-refractivity contribution in [2.24, 2.45) is 4.99 Å². The summed E-state index contributed by atoms with van der Waals surface area (Å²) < 4.78 is 0. The third-order valence-electron chi connectivity index (χ3n) is 12.9. The van der Waals surface area contributed by atoms with E-state index in [2.05, 4.69) is 219 Å². The lowest BCUT2D eigenvalue weighted by atomic mass is 9.65. The van der Waals surface area contributed by atoms with E-state index in [9.17, 15) is 0 Å². The summed E-state index contributed by atoms with van der Waals surface area (Å²) in [6.45, 7) is 6.55. The van der Waals surface area contributed by atoms with Gasteiger partial charge in [0.2, 0.25) is 0 Å². The van der Waals surface area contributed by atoms with Gasteiger partial charge >= 0.3 is 0 Å². The monoisotopic (exact) mass is 792 g/mol. The summed E-state index contributed by atoms with van der Waals surface area (Å²) in [6, 6.07) is 81.6. The van der Waals surface area contributed by atoms with E-state index >= 15 is 0 Å². The summed E-state index contributed by atoms with van der Waals surface area (Å²) in [6.07, 6.45) is 0. The van der Waals surface area contributed by atoms with E-state index in [4.69, 9.17) is 4.99 Å². The van der Waals surface area contributed by atoms with E-state index < -0.39 is 5.41 Å². The summed E-state index contributed by atoms with van der Waals surface area (Å²) in [4.78, 5) is 5.14. The Morgan fingerprint density at radius 1 is 0.403 bits per heavy atom. The fourth-order valence-corrected chi connectivity index (χ4v) is 9.99. The molecule has 1 unspecified atom stereocenters. The van der Waals surface area contributed by atoms with E-state index in [1.54, 1.807) is 0 Å². The summed E-state index contributed by atoms with van der Waals surface area (Å²) in [5.74, 6) is 0.780. The lowest BCUT2D eigenvalue weighted by Gasteiger charge is -2.35. The SMILES string of the molecule is C=C(/N=C(\NC(C)c1ccccc1)c1cccc(-c2cccc(-c3ccc4c(c3)C3(c5ccccc5-c5ccccc5-c5ccccc53)c3ccccc3-4)c2)c1)c1ccccc1. The van der Waals surface area contributed by atoms with Crippen LogP contribution in [0.25, 0.3) is 61.3 Å². The van der Waals surface area contributed by atoms with Gasteiger partial charge in [0, 0.05) is 11.6 Å². The van der Waals surface area contributed by atoms with Crippen LogP contribution in [0.3, 0.4) is 0 Å². The van der Waals surface area contributed by atoms with Crippen LogP contribution >= 0.6 is 0 Å². The summed E-state index contributed by atoms with van der Waals surface area (Å²) in [5.41, 5.74) is 20.9. The van der Waals surface area contributed by atoms with Gasteiger partial charge in [-0.25, -0.2) is 4.99 Å². The van der Waals surface area contributed by atoms with Crippen LogP contribution in [0.4, 0.5) is 0 Å². The largest absolute Gasteiger partial charge is 0.363 e. The van der Waals surface area contributed by atoms with Gasteiger partial charge in [-0.15, -0.1) is 0 Å². The molecule has 0 amide bonds. The molecular weight excluding hydrogens is 749 g/mol. The fraction of sp³-hybridized carbons (Fsp3) is 0.0500. The van der Waals surface area contributed by atoms with Gasteiger partial charge < -0.3 is 5.32 Å². The zero-order valence-corrected chi connectivity index (χ0v) is 34.6. The maximum absolute atomic E-state index is 5.14. The first kappa shape index (κ1) is 37.2. The van der Waals surface area contributed by atoms with Crippen LogP contribution < -0.4 is 5.32 Å². The molecular formula is C60H44N2. The topological polar surface area (TPSA) is 24.4 Å². The Balaban J connectivity index is 1.04. The van der Waals surface area contributed by atoms with Crippen molar-refractivity contribution in [1.82, 2.24) is 5.32 Å². The van der Waals surface area contributed by atoms with Crippen LogP contribution in [-0.4, -0.2) is 5.84 Å². The average molecular weight is 793 g/mol. The van der Waals surface area contributed by atoms with Gasteiger partial charge in [-0.3, -0.25) is 0 Å². The predicted molar refractivity (Wildman–Crippen MR) is 259 cm³/mol. The smallest absolute Gasteiger partial charge is 0.134 e. The third-order valence-corrected chi connectivity index (χ3v) is 12.9. The first-order chi connectivity index (χ1) is 30.6. The molecule has 9 aromatic carbocycles. The van der Waals surface area contributed by atoms with Gasteiger partial charge in [-0.05, 0) is 114 Å². The van der Waals surface area contributed by atoms with Crippen LogP contribution in [0, 0.1) is 0 Å². The predicted octanol–water partition coefficient (Wildman–Crippen LogP) is 14.8. The number of fused-ring (bicyclic) bond motifs is 12. The third kappa shape index (κ3) is 6.14. The van der Waals surface area contributed by atoms with E-state index in [0.717, 1.165) is 28.1 Å². The average Bonchev–Trinajstić information content (AvgIpc) is 3.58. The lowest BCUT2D eigenvalue weighted by molar-refractivity contribution is 0.717. The molecule has 2 aliphatic rings. The molecule has 2 heteroatoms. The second kappa shape index (κ2) is 15.3. The number of aliphatic imine (C=N–C) groups is 1. The molecule has 1 spiro atoms. The number of rotatable bonds is 7. The molecule has 1 N–H and O–H groups in total. The number of hydrogen-bond acceptors (Lipinski definition) is 1. The summed E-state index contributed by atoms with van der Waals surface area (Å²) in [5, 5.41) is 3.74. The van der Waals surface area contributed by atoms with Crippen molar-refractivity contribution in [3.63, 3.8) is 0 Å². The van der Waals surface area contributed by atoms with Crippen LogP contribution in [0.15, 0.2) is 236 Å². The molecule has 2 aliphatic carbocycles. The van der Waals surface area contributed by atoms with Crippen molar-refractivity contribution in [1.29, 1.82) is 0 Å². The van der Waals surface area contributed by atoms with Crippen molar-refractivity contribution in [2.45, 2.75) is 18.4 Å². The Hall–Kier alpha value is -7.81. The van der Waals surface area contributed by atoms with Crippen LogP contribution in [0.1, 0.15) is 51.9 Å². The first-order valence-corrected chi connectivity index (χ1v) is 21.5. The Morgan fingerprint density at radius 2 is 0.839 bits per heavy atom. The molecule has 1 atom stereocenters. The van der Waals surface area contributed by atoms with Crippen LogP contribution in [-0.2, 0) is 5.41 Å². The molecule has 62 heavy (non-hydrogen) atoms. The minimum absolute atomic E-state index is 0.0290. The Labute approximate surface area is 364 Å². The molecule has 0 radical (unpaired) electrons. The van der Waals surface area contributed by atoms with E-state index in [1.807, 2.05) is 24.3 Å². The second-order valence-electron chi connectivity index (χ2n) is 16.4. The van der Waals surface area contributed by atoms with E-state index in [1.165, 1.54) is 72.3 Å². The van der Waals surface area contributed by atoms with Crippen molar-refractivity contribution in [3.05, 3.63) is 270 Å². The lowest BCUT2D eigenvalue weighted by Crippen LogP contribution is -2.29. The Bertz CT molecular complexity index is 3130. The summed E-state index contributed by atoms with van der Waals surface area (Å²) in [7, 11) is 0. The van der Waals surface area contributed by atoms with E-state index in [-0.39, 0.29) is 6.04 Å². The molecule has 0 bridgehead atoms. The minimum Gasteiger partial charge on any atom is -0.363 e. The molecule has 0 saturated heterocycles. The maximum Gasteiger partial charge on any atom is 0.134 e. The quantitative estimate of drug-likeness (QED) is 0.126. The zero-order valence-electron chi connectivity index (χ0n) is 34.6. The standard InChI is InChI=1S/C60H44N2/c1-40(42-19-5-3-6-20-42)61-59(62-41(2)43-21-7-4-8-22-43)48-26-18-25-46(38-48)44-23-17-24-45(37-44)47-35-36-54-53-31-13-16-34-57(53)60(58(54)39-47)55-32-14-11-29-51(55)49-27-9-10-28-50(49)52-30-12-15-33-56(52)60/h3-39,41H,1H2,2H3,(H,61,62). The highest BCUT2D eigenvalue weighted by atomic mass is 15.0. The molecule has 0 heterocycles. The number of nitrogens with one attached hydrogen (secondary N) is 1. The molecule has 0 aliphatic heterocycles. The molecule has 0 saturated carbocycles. The molecule has 0 fully saturated rings. The fourth-order valence-electron chi connectivity index (χ4n) is 9.99. The Morgan fingerprint density at radius 3 is 1.44 bits per heavy atom. The molecule has 2 nitrogen and oxygen atoms in total. The van der Waals surface area contributed by atoms with Crippen LogP contribution in [0.5, 0.6) is 0 Å². The summed E-state index contributed by atoms with van der Waals surface area (Å²) >= 11 is 0. The molecule has 294 valence electrons. The van der Waals surface area contributed by atoms with Crippen molar-refractivity contribution in [2.75, 3.05) is 0 Å². The Kier molecular flexibility index (Phi) is 9.20. The van der Waals surface area contributed by atoms with Gasteiger partial charge in [0.05, 0.1) is 11.1 Å². The number of nitrogens with zero attached hydrogens (tertiary/aromatic N) is 1. The van der Waals surface area contributed by atoms with Crippen LogP contribution in [0.2, 0.25) is 0 Å².